The highest BCUT2D eigenvalue weighted by Gasteiger charge is 2.30. The van der Waals surface area contributed by atoms with Crippen LogP contribution in [0.4, 0.5) is 4.39 Å². The van der Waals surface area contributed by atoms with Crippen molar-refractivity contribution < 1.29 is 17.6 Å². The van der Waals surface area contributed by atoms with Gasteiger partial charge in [0.2, 0.25) is 15.9 Å². The molecule has 5 nitrogen and oxygen atoms in total. The van der Waals surface area contributed by atoms with E-state index in [2.05, 4.69) is 21.2 Å². The highest BCUT2D eigenvalue weighted by molar-refractivity contribution is 9.10. The molecule has 1 saturated heterocycles. The molecule has 1 aromatic rings. The Hall–Kier alpha value is -0.990. The molecule has 1 aromatic carbocycles. The van der Waals surface area contributed by atoms with Crippen molar-refractivity contribution in [1.82, 2.24) is 9.62 Å². The van der Waals surface area contributed by atoms with Gasteiger partial charge in [-0.15, -0.1) is 0 Å². The first-order valence-electron chi connectivity index (χ1n) is 6.53. The third-order valence-corrected chi connectivity index (χ3v) is 5.82. The van der Waals surface area contributed by atoms with Crippen molar-refractivity contribution >= 4 is 31.9 Å². The Bertz CT molecular complexity index is 651. The van der Waals surface area contributed by atoms with E-state index in [1.807, 2.05) is 0 Å². The number of sulfonamides is 1. The van der Waals surface area contributed by atoms with E-state index < -0.39 is 15.8 Å². The van der Waals surface area contributed by atoms with Crippen LogP contribution < -0.4 is 5.32 Å². The maximum Gasteiger partial charge on any atom is 0.243 e. The van der Waals surface area contributed by atoms with E-state index in [0.29, 0.717) is 13.0 Å². The summed E-state index contributed by atoms with van der Waals surface area (Å²) in [6.45, 7) is 1.98. The van der Waals surface area contributed by atoms with Gasteiger partial charge in [-0.3, -0.25) is 4.79 Å². The maximum absolute atomic E-state index is 13.5. The molecule has 0 aliphatic carbocycles. The summed E-state index contributed by atoms with van der Waals surface area (Å²) in [6, 6.07) is 3.54. The molecule has 0 bridgehead atoms. The van der Waals surface area contributed by atoms with Crippen LogP contribution in [0, 0.1) is 5.82 Å². The van der Waals surface area contributed by atoms with Gasteiger partial charge in [-0.05, 0) is 47.0 Å². The first-order valence-corrected chi connectivity index (χ1v) is 8.76. The fraction of sp³-hybridized carbons (Fsp3) is 0.462. The van der Waals surface area contributed by atoms with Crippen molar-refractivity contribution in [2.24, 2.45) is 0 Å². The fourth-order valence-electron chi connectivity index (χ4n) is 2.35. The summed E-state index contributed by atoms with van der Waals surface area (Å²) in [5, 5.41) is 2.73. The Labute approximate surface area is 131 Å². The lowest BCUT2D eigenvalue weighted by molar-refractivity contribution is -0.119. The zero-order chi connectivity index (χ0) is 15.6. The van der Waals surface area contributed by atoms with Crippen LogP contribution in [0.15, 0.2) is 27.6 Å². The van der Waals surface area contributed by atoms with Gasteiger partial charge in [0.1, 0.15) is 5.82 Å². The largest absolute Gasteiger partial charge is 0.352 e. The SMILES string of the molecule is CC(=O)NC1CCCN(S(=O)(=O)c2ccc(Br)c(F)c2)C1. The minimum atomic E-state index is -3.75. The summed E-state index contributed by atoms with van der Waals surface area (Å²) in [6.07, 6.45) is 1.39. The van der Waals surface area contributed by atoms with E-state index in [1.54, 1.807) is 0 Å². The van der Waals surface area contributed by atoms with E-state index in [4.69, 9.17) is 0 Å². The van der Waals surface area contributed by atoms with Crippen LogP contribution in [-0.2, 0) is 14.8 Å². The molecular weight excluding hydrogens is 363 g/mol. The number of halogens is 2. The molecule has 1 fully saturated rings. The van der Waals surface area contributed by atoms with Crippen molar-refractivity contribution in [3.63, 3.8) is 0 Å². The normalized spacial score (nSPS) is 20.2. The highest BCUT2D eigenvalue weighted by Crippen LogP contribution is 2.24. The molecular formula is C13H16BrFN2O3S. The smallest absolute Gasteiger partial charge is 0.243 e. The van der Waals surface area contributed by atoms with Crippen molar-refractivity contribution in [1.29, 1.82) is 0 Å². The third-order valence-electron chi connectivity index (χ3n) is 3.32. The Morgan fingerprint density at radius 3 is 2.81 bits per heavy atom. The van der Waals surface area contributed by atoms with Gasteiger partial charge in [-0.1, -0.05) is 0 Å². The van der Waals surface area contributed by atoms with Crippen LogP contribution in [0.25, 0.3) is 0 Å². The minimum absolute atomic E-state index is 0.0772. The highest BCUT2D eigenvalue weighted by atomic mass is 79.9. The predicted octanol–water partition coefficient (Wildman–Crippen LogP) is 1.88. The van der Waals surface area contributed by atoms with E-state index in [0.717, 1.165) is 12.5 Å². The molecule has 0 aromatic heterocycles. The Morgan fingerprint density at radius 2 is 2.19 bits per heavy atom. The molecule has 116 valence electrons. The molecule has 1 atom stereocenters. The molecule has 1 aliphatic heterocycles. The van der Waals surface area contributed by atoms with Crippen molar-refractivity contribution in [3.05, 3.63) is 28.5 Å². The second-order valence-electron chi connectivity index (χ2n) is 4.98. The van der Waals surface area contributed by atoms with Gasteiger partial charge in [0.25, 0.3) is 0 Å². The first-order chi connectivity index (χ1) is 9.80. The molecule has 2 rings (SSSR count). The molecule has 0 spiro atoms. The quantitative estimate of drug-likeness (QED) is 0.872. The number of nitrogens with zero attached hydrogens (tertiary/aromatic N) is 1. The molecule has 1 aliphatic rings. The topological polar surface area (TPSA) is 66.5 Å². The fourth-order valence-corrected chi connectivity index (χ4v) is 4.14. The number of nitrogens with one attached hydrogen (secondary N) is 1. The average Bonchev–Trinajstić information content (AvgIpc) is 2.41. The van der Waals surface area contributed by atoms with E-state index in [1.165, 1.54) is 23.4 Å². The second kappa shape index (κ2) is 6.41. The summed E-state index contributed by atoms with van der Waals surface area (Å²) >= 11 is 3.00. The first kappa shape index (κ1) is 16.4. The van der Waals surface area contributed by atoms with Crippen molar-refractivity contribution in [3.8, 4) is 0 Å². The Morgan fingerprint density at radius 1 is 1.48 bits per heavy atom. The number of hydrogen-bond acceptors (Lipinski definition) is 3. The van der Waals surface area contributed by atoms with Gasteiger partial charge in [-0.2, -0.15) is 4.31 Å². The van der Waals surface area contributed by atoms with Crippen LogP contribution in [0.1, 0.15) is 19.8 Å². The summed E-state index contributed by atoms with van der Waals surface area (Å²) in [4.78, 5) is 11.0. The molecule has 1 amide bonds. The minimum Gasteiger partial charge on any atom is -0.352 e. The molecule has 8 heteroatoms. The number of benzene rings is 1. The van der Waals surface area contributed by atoms with Gasteiger partial charge in [0.05, 0.1) is 9.37 Å². The number of amides is 1. The summed E-state index contributed by atoms with van der Waals surface area (Å²) in [5.41, 5.74) is 0. The monoisotopic (exact) mass is 378 g/mol. The number of carbonyl (C=O) groups is 1. The van der Waals surface area contributed by atoms with Gasteiger partial charge in [0.15, 0.2) is 0 Å². The zero-order valence-corrected chi connectivity index (χ0v) is 13.9. The van der Waals surface area contributed by atoms with Crippen molar-refractivity contribution in [2.45, 2.75) is 30.7 Å². The number of rotatable bonds is 3. The Balaban J connectivity index is 2.22. The van der Waals surface area contributed by atoms with Crippen LogP contribution in [0.5, 0.6) is 0 Å². The van der Waals surface area contributed by atoms with Crippen LogP contribution in [0.3, 0.4) is 0 Å². The summed E-state index contributed by atoms with van der Waals surface area (Å²) < 4.78 is 40.1. The maximum atomic E-state index is 13.5. The number of carbonyl (C=O) groups excluding carboxylic acids is 1. The lowest BCUT2D eigenvalue weighted by Gasteiger charge is -2.32. The Kier molecular flexibility index (Phi) is 5.00. The molecule has 1 unspecified atom stereocenters. The lowest BCUT2D eigenvalue weighted by atomic mass is 10.1. The van der Waals surface area contributed by atoms with E-state index in [-0.39, 0.29) is 27.9 Å². The molecule has 0 saturated carbocycles. The second-order valence-corrected chi connectivity index (χ2v) is 7.77. The van der Waals surface area contributed by atoms with Crippen molar-refractivity contribution in [2.75, 3.05) is 13.1 Å². The lowest BCUT2D eigenvalue weighted by Crippen LogP contribution is -2.49. The molecule has 1 heterocycles. The number of hydrogen-bond donors (Lipinski definition) is 1. The third kappa shape index (κ3) is 3.81. The van der Waals surface area contributed by atoms with Crippen LogP contribution >= 0.6 is 15.9 Å². The van der Waals surface area contributed by atoms with Gasteiger partial charge >= 0.3 is 0 Å². The summed E-state index contributed by atoms with van der Waals surface area (Å²) in [7, 11) is -3.75. The van der Waals surface area contributed by atoms with Gasteiger partial charge in [0, 0.05) is 26.1 Å². The molecule has 1 N–H and O–H groups in total. The van der Waals surface area contributed by atoms with Crippen LogP contribution in [0.2, 0.25) is 0 Å². The van der Waals surface area contributed by atoms with E-state index in [9.17, 15) is 17.6 Å². The van der Waals surface area contributed by atoms with Crippen LogP contribution in [-0.4, -0.2) is 37.8 Å². The number of piperidine rings is 1. The standard InChI is InChI=1S/C13H16BrFN2O3S/c1-9(18)16-10-3-2-6-17(8-10)21(19,20)11-4-5-12(14)13(15)7-11/h4-5,7,10H,2-3,6,8H2,1H3,(H,16,18). The zero-order valence-electron chi connectivity index (χ0n) is 11.5. The van der Waals surface area contributed by atoms with Gasteiger partial charge < -0.3 is 5.32 Å². The average molecular weight is 379 g/mol. The summed E-state index contributed by atoms with van der Waals surface area (Å²) in [5.74, 6) is -0.805. The molecule has 21 heavy (non-hydrogen) atoms. The predicted molar refractivity (Wildman–Crippen MR) is 79.7 cm³/mol. The van der Waals surface area contributed by atoms with E-state index >= 15 is 0 Å². The van der Waals surface area contributed by atoms with Gasteiger partial charge in [-0.25, -0.2) is 12.8 Å². The molecule has 0 radical (unpaired) electrons.